The van der Waals surface area contributed by atoms with Crippen molar-refractivity contribution in [3.63, 3.8) is 0 Å². The molecule has 0 bridgehead atoms. The number of hydrogen-bond acceptors (Lipinski definition) is 3. The van der Waals surface area contributed by atoms with Crippen molar-refractivity contribution < 1.29 is 19.1 Å². The van der Waals surface area contributed by atoms with E-state index < -0.39 is 17.9 Å². The number of aliphatic carboxylic acids is 1. The number of furan rings is 1. The molecule has 16 heavy (non-hydrogen) atoms. The number of carbonyl (C=O) groups is 2. The molecule has 1 aromatic rings. The van der Waals surface area contributed by atoms with Gasteiger partial charge in [0.1, 0.15) is 12.3 Å². The van der Waals surface area contributed by atoms with Crippen LogP contribution in [0.25, 0.3) is 0 Å². The van der Waals surface area contributed by atoms with E-state index in [1.54, 1.807) is 0 Å². The second-order valence-electron chi connectivity index (χ2n) is 4.01. The van der Waals surface area contributed by atoms with Gasteiger partial charge in [0, 0.05) is 0 Å². The van der Waals surface area contributed by atoms with Gasteiger partial charge in [-0.15, -0.1) is 0 Å². The number of nitrogens with one attached hydrogen (secondary N) is 1. The van der Waals surface area contributed by atoms with Gasteiger partial charge in [-0.25, -0.2) is 4.79 Å². The van der Waals surface area contributed by atoms with E-state index in [0.717, 1.165) is 0 Å². The molecule has 0 aromatic carbocycles. The summed E-state index contributed by atoms with van der Waals surface area (Å²) in [7, 11) is 0. The lowest BCUT2D eigenvalue weighted by atomic mass is 10.0. The summed E-state index contributed by atoms with van der Waals surface area (Å²) in [6, 6.07) is 0.631. The third-order valence-corrected chi connectivity index (χ3v) is 2.09. The molecule has 0 fully saturated rings. The van der Waals surface area contributed by atoms with Gasteiger partial charge in [0.25, 0.3) is 5.91 Å². The molecule has 1 unspecified atom stereocenters. The summed E-state index contributed by atoms with van der Waals surface area (Å²) >= 11 is 0. The fourth-order valence-corrected chi connectivity index (χ4v) is 1.33. The Hall–Kier alpha value is -1.78. The Labute approximate surface area is 93.4 Å². The van der Waals surface area contributed by atoms with Crippen molar-refractivity contribution in [2.75, 3.05) is 0 Å². The maximum Gasteiger partial charge on any atom is 0.326 e. The van der Waals surface area contributed by atoms with E-state index in [-0.39, 0.29) is 5.92 Å². The molecule has 0 spiro atoms. The molecule has 1 heterocycles. The molecule has 1 rings (SSSR count). The second-order valence-corrected chi connectivity index (χ2v) is 4.01. The first-order valence-electron chi connectivity index (χ1n) is 5.06. The Balaban J connectivity index is 2.62. The van der Waals surface area contributed by atoms with Gasteiger partial charge in [0.2, 0.25) is 0 Å². The van der Waals surface area contributed by atoms with Gasteiger partial charge in [-0.05, 0) is 18.4 Å². The highest BCUT2D eigenvalue weighted by atomic mass is 16.4. The normalized spacial score (nSPS) is 12.4. The van der Waals surface area contributed by atoms with Gasteiger partial charge >= 0.3 is 5.97 Å². The number of carboxylic acid groups (broad SMARTS) is 1. The Morgan fingerprint density at radius 3 is 2.62 bits per heavy atom. The summed E-state index contributed by atoms with van der Waals surface area (Å²) in [5.41, 5.74) is 0.329. The molecule has 1 atom stereocenters. The van der Waals surface area contributed by atoms with Crippen molar-refractivity contribution in [2.24, 2.45) is 5.92 Å². The van der Waals surface area contributed by atoms with Crippen LogP contribution in [0.15, 0.2) is 23.0 Å². The summed E-state index contributed by atoms with van der Waals surface area (Å²) in [5.74, 6) is -1.25. The zero-order valence-electron chi connectivity index (χ0n) is 9.27. The first-order chi connectivity index (χ1) is 7.50. The standard InChI is InChI=1S/C11H15NO4/c1-7(2)5-9(11(14)15)12-10(13)8-3-4-16-6-8/h3-4,6-7,9H,5H2,1-2H3,(H,12,13)(H,14,15). The van der Waals surface area contributed by atoms with Gasteiger partial charge in [0.05, 0.1) is 11.8 Å². The predicted octanol–water partition coefficient (Wildman–Crippen LogP) is 1.51. The number of amides is 1. The fourth-order valence-electron chi connectivity index (χ4n) is 1.33. The van der Waals surface area contributed by atoms with Gasteiger partial charge in [-0.2, -0.15) is 0 Å². The lowest BCUT2D eigenvalue weighted by Crippen LogP contribution is -2.41. The van der Waals surface area contributed by atoms with Crippen LogP contribution in [-0.4, -0.2) is 23.0 Å². The van der Waals surface area contributed by atoms with Crippen molar-refractivity contribution in [1.82, 2.24) is 5.32 Å². The minimum Gasteiger partial charge on any atom is -0.480 e. The van der Waals surface area contributed by atoms with Crippen molar-refractivity contribution >= 4 is 11.9 Å². The van der Waals surface area contributed by atoms with E-state index in [1.807, 2.05) is 13.8 Å². The van der Waals surface area contributed by atoms with Gasteiger partial charge < -0.3 is 14.8 Å². The number of hydrogen-bond donors (Lipinski definition) is 2. The summed E-state index contributed by atoms with van der Waals surface area (Å²) in [6.45, 7) is 3.81. The molecular formula is C11H15NO4. The average Bonchev–Trinajstić information content (AvgIpc) is 2.68. The number of carboxylic acids is 1. The Bertz CT molecular complexity index is 356. The van der Waals surface area contributed by atoms with Crippen molar-refractivity contribution in [1.29, 1.82) is 0 Å². The van der Waals surface area contributed by atoms with Crippen LogP contribution in [-0.2, 0) is 4.79 Å². The van der Waals surface area contributed by atoms with E-state index >= 15 is 0 Å². The summed E-state index contributed by atoms with van der Waals surface area (Å²) in [5, 5.41) is 11.4. The summed E-state index contributed by atoms with van der Waals surface area (Å²) < 4.78 is 4.75. The van der Waals surface area contributed by atoms with E-state index in [0.29, 0.717) is 12.0 Å². The third-order valence-electron chi connectivity index (χ3n) is 2.09. The lowest BCUT2D eigenvalue weighted by molar-refractivity contribution is -0.139. The quantitative estimate of drug-likeness (QED) is 0.796. The molecular weight excluding hydrogens is 210 g/mol. The smallest absolute Gasteiger partial charge is 0.326 e. The topological polar surface area (TPSA) is 79.5 Å². The summed E-state index contributed by atoms with van der Waals surface area (Å²) in [6.07, 6.45) is 3.05. The molecule has 1 amide bonds. The van der Waals surface area contributed by atoms with Crippen molar-refractivity contribution in [2.45, 2.75) is 26.3 Å². The molecule has 0 aliphatic heterocycles. The monoisotopic (exact) mass is 225 g/mol. The molecule has 0 radical (unpaired) electrons. The minimum atomic E-state index is -1.02. The van der Waals surface area contributed by atoms with Crippen LogP contribution in [0.1, 0.15) is 30.6 Å². The summed E-state index contributed by atoms with van der Waals surface area (Å²) in [4.78, 5) is 22.5. The number of rotatable bonds is 5. The molecule has 0 saturated heterocycles. The first-order valence-corrected chi connectivity index (χ1v) is 5.06. The first kappa shape index (κ1) is 12.3. The Morgan fingerprint density at radius 1 is 1.50 bits per heavy atom. The average molecular weight is 225 g/mol. The van der Waals surface area contributed by atoms with Crippen LogP contribution in [0, 0.1) is 5.92 Å². The lowest BCUT2D eigenvalue weighted by Gasteiger charge is -2.15. The molecule has 0 saturated carbocycles. The highest BCUT2D eigenvalue weighted by Gasteiger charge is 2.21. The van der Waals surface area contributed by atoms with E-state index in [4.69, 9.17) is 9.52 Å². The number of carbonyl (C=O) groups excluding carboxylic acids is 1. The maximum absolute atomic E-state index is 11.6. The van der Waals surface area contributed by atoms with E-state index in [2.05, 4.69) is 5.32 Å². The highest BCUT2D eigenvalue weighted by Crippen LogP contribution is 2.07. The van der Waals surface area contributed by atoms with Gasteiger partial charge in [-0.3, -0.25) is 4.79 Å². The van der Waals surface area contributed by atoms with E-state index in [9.17, 15) is 9.59 Å². The van der Waals surface area contributed by atoms with Crippen LogP contribution in [0.2, 0.25) is 0 Å². The van der Waals surface area contributed by atoms with Crippen LogP contribution in [0.4, 0.5) is 0 Å². The SMILES string of the molecule is CC(C)CC(NC(=O)c1ccoc1)C(=O)O. The van der Waals surface area contributed by atoms with Crippen molar-refractivity contribution in [3.05, 3.63) is 24.2 Å². The largest absolute Gasteiger partial charge is 0.480 e. The molecule has 5 heteroatoms. The fraction of sp³-hybridized carbons (Fsp3) is 0.455. The second kappa shape index (κ2) is 5.34. The zero-order chi connectivity index (χ0) is 12.1. The molecule has 1 aromatic heterocycles. The predicted molar refractivity (Wildman–Crippen MR) is 57.1 cm³/mol. The molecule has 5 nitrogen and oxygen atoms in total. The minimum absolute atomic E-state index is 0.200. The van der Waals surface area contributed by atoms with Gasteiger partial charge in [0.15, 0.2) is 0 Å². The molecule has 2 N–H and O–H groups in total. The highest BCUT2D eigenvalue weighted by molar-refractivity contribution is 5.96. The molecule has 0 aliphatic carbocycles. The van der Waals surface area contributed by atoms with Gasteiger partial charge in [-0.1, -0.05) is 13.8 Å². The van der Waals surface area contributed by atoms with Crippen LogP contribution >= 0.6 is 0 Å². The Morgan fingerprint density at radius 2 is 2.19 bits per heavy atom. The maximum atomic E-state index is 11.6. The van der Waals surface area contributed by atoms with Crippen LogP contribution in [0.5, 0.6) is 0 Å². The zero-order valence-corrected chi connectivity index (χ0v) is 9.27. The van der Waals surface area contributed by atoms with Crippen LogP contribution in [0.3, 0.4) is 0 Å². The van der Waals surface area contributed by atoms with E-state index in [1.165, 1.54) is 18.6 Å². The van der Waals surface area contributed by atoms with Crippen molar-refractivity contribution in [3.8, 4) is 0 Å². The molecule has 88 valence electrons. The third kappa shape index (κ3) is 3.42. The Kier molecular flexibility index (Phi) is 4.10. The molecule has 0 aliphatic rings. The van der Waals surface area contributed by atoms with Crippen LogP contribution < -0.4 is 5.32 Å².